The van der Waals surface area contributed by atoms with Gasteiger partial charge < -0.3 is 4.74 Å². The van der Waals surface area contributed by atoms with Gasteiger partial charge in [0, 0.05) is 11.8 Å². The van der Waals surface area contributed by atoms with Crippen molar-refractivity contribution in [3.63, 3.8) is 0 Å². The largest absolute Gasteiger partial charge is 0.455 e. The first-order valence-electron chi connectivity index (χ1n) is 3.36. The summed E-state index contributed by atoms with van der Waals surface area (Å²) in [7, 11) is 0. The molecular weight excluding hydrogens is 154 g/mol. The summed E-state index contributed by atoms with van der Waals surface area (Å²) in [6.07, 6.45) is -2.33. The van der Waals surface area contributed by atoms with Gasteiger partial charge in [0.1, 0.15) is 0 Å². The number of carbonyl (C=O) groups is 1. The molecule has 0 heterocycles. The van der Waals surface area contributed by atoms with Gasteiger partial charge in [0.05, 0.1) is 0 Å². The molecule has 0 amide bonds. The number of hydrogen-bond acceptors (Lipinski definition) is 2. The van der Waals surface area contributed by atoms with Gasteiger partial charge in [0.15, 0.2) is 5.60 Å². The summed E-state index contributed by atoms with van der Waals surface area (Å²) >= 11 is 0. The first kappa shape index (κ1) is 8.43. The van der Waals surface area contributed by atoms with E-state index in [0.717, 1.165) is 0 Å². The third-order valence-corrected chi connectivity index (χ3v) is 2.34. The Bertz CT molecular complexity index is 179. The smallest absolute Gasteiger partial charge is 0.293 e. The molecule has 1 fully saturated rings. The molecule has 0 radical (unpaired) electrons. The maximum Gasteiger partial charge on any atom is 0.293 e. The molecule has 4 heteroatoms. The Morgan fingerprint density at radius 3 is 2.09 bits per heavy atom. The zero-order chi connectivity index (χ0) is 8.70. The molecule has 1 unspecified atom stereocenters. The van der Waals surface area contributed by atoms with Crippen LogP contribution < -0.4 is 0 Å². The zero-order valence-electron chi connectivity index (χ0n) is 6.43. The highest BCUT2D eigenvalue weighted by Crippen LogP contribution is 2.61. The maximum atomic E-state index is 12.3. The van der Waals surface area contributed by atoms with Crippen molar-refractivity contribution in [3.8, 4) is 0 Å². The summed E-state index contributed by atoms with van der Waals surface area (Å²) in [6.45, 7) is 3.41. The summed E-state index contributed by atoms with van der Waals surface area (Å²) in [5, 5.41) is 0. The van der Waals surface area contributed by atoms with Gasteiger partial charge in [-0.15, -0.1) is 0 Å². The Hall–Kier alpha value is -0.670. The van der Waals surface area contributed by atoms with E-state index in [9.17, 15) is 13.6 Å². The molecular formula is C7H10F2O2. The van der Waals surface area contributed by atoms with Crippen LogP contribution >= 0.6 is 0 Å². The fourth-order valence-corrected chi connectivity index (χ4v) is 1.32. The summed E-state index contributed by atoms with van der Waals surface area (Å²) in [6, 6.07) is 0. The van der Waals surface area contributed by atoms with E-state index < -0.39 is 17.4 Å². The predicted octanol–water partition coefficient (Wildman–Crippen LogP) is 1.59. The minimum absolute atomic E-state index is 0.0981. The third kappa shape index (κ3) is 1.01. The van der Waals surface area contributed by atoms with E-state index >= 15 is 0 Å². The molecule has 1 saturated carbocycles. The highest BCUT2D eigenvalue weighted by molar-refractivity contribution is 5.41. The van der Waals surface area contributed by atoms with Crippen LogP contribution in [0.2, 0.25) is 0 Å². The first-order chi connectivity index (χ1) is 4.96. The van der Waals surface area contributed by atoms with Gasteiger partial charge in [0.2, 0.25) is 0 Å². The standard InChI is InChI=1S/C7H10F2O2/c1-6(2)3-7(6,5(8)9)11-4-10/h4-5H,3H2,1-2H3. The lowest BCUT2D eigenvalue weighted by Gasteiger charge is -2.16. The van der Waals surface area contributed by atoms with E-state index in [2.05, 4.69) is 4.74 Å². The second-order valence-corrected chi connectivity index (χ2v) is 3.46. The summed E-state index contributed by atoms with van der Waals surface area (Å²) in [5.74, 6) is 0. The zero-order valence-corrected chi connectivity index (χ0v) is 6.43. The van der Waals surface area contributed by atoms with Crippen molar-refractivity contribution in [2.24, 2.45) is 5.41 Å². The summed E-state index contributed by atoms with van der Waals surface area (Å²) in [5.41, 5.74) is -2.07. The number of halogens is 2. The highest BCUT2D eigenvalue weighted by Gasteiger charge is 2.70. The lowest BCUT2D eigenvalue weighted by atomic mass is 10.1. The van der Waals surface area contributed by atoms with Crippen molar-refractivity contribution < 1.29 is 18.3 Å². The van der Waals surface area contributed by atoms with Crippen molar-refractivity contribution in [2.75, 3.05) is 0 Å². The highest BCUT2D eigenvalue weighted by atomic mass is 19.3. The Kier molecular flexibility index (Phi) is 1.65. The maximum absolute atomic E-state index is 12.3. The molecule has 0 bridgehead atoms. The second kappa shape index (κ2) is 2.16. The van der Waals surface area contributed by atoms with E-state index in [1.165, 1.54) is 0 Å². The Morgan fingerprint density at radius 1 is 1.55 bits per heavy atom. The number of carbonyl (C=O) groups excluding carboxylic acids is 1. The molecule has 1 aliphatic rings. The fourth-order valence-electron chi connectivity index (χ4n) is 1.32. The third-order valence-electron chi connectivity index (χ3n) is 2.34. The van der Waals surface area contributed by atoms with Crippen LogP contribution in [-0.2, 0) is 9.53 Å². The van der Waals surface area contributed by atoms with Crippen molar-refractivity contribution >= 4 is 6.47 Å². The molecule has 11 heavy (non-hydrogen) atoms. The molecule has 2 nitrogen and oxygen atoms in total. The van der Waals surface area contributed by atoms with Crippen LogP contribution in [0.25, 0.3) is 0 Å². The number of alkyl halides is 2. The normalized spacial score (nSPS) is 33.5. The van der Waals surface area contributed by atoms with Crippen LogP contribution in [0, 0.1) is 5.41 Å². The molecule has 0 N–H and O–H groups in total. The molecule has 0 aliphatic heterocycles. The average molecular weight is 164 g/mol. The van der Waals surface area contributed by atoms with Crippen molar-refractivity contribution in [2.45, 2.75) is 32.3 Å². The molecule has 1 atom stereocenters. The first-order valence-corrected chi connectivity index (χ1v) is 3.36. The van der Waals surface area contributed by atoms with E-state index in [1.807, 2.05) is 0 Å². The molecule has 0 saturated heterocycles. The Balaban J connectivity index is 2.70. The van der Waals surface area contributed by atoms with Crippen LogP contribution in [0.3, 0.4) is 0 Å². The van der Waals surface area contributed by atoms with Gasteiger partial charge in [-0.25, -0.2) is 8.78 Å². The van der Waals surface area contributed by atoms with Crippen LogP contribution in [0.5, 0.6) is 0 Å². The molecule has 0 aromatic heterocycles. The minimum atomic E-state index is -2.58. The van der Waals surface area contributed by atoms with Gasteiger partial charge in [-0.1, -0.05) is 13.8 Å². The molecule has 1 aliphatic carbocycles. The monoisotopic (exact) mass is 164 g/mol. The van der Waals surface area contributed by atoms with Gasteiger partial charge in [0.25, 0.3) is 12.9 Å². The van der Waals surface area contributed by atoms with Gasteiger partial charge in [-0.05, 0) is 0 Å². The molecule has 1 rings (SSSR count). The number of hydrogen-bond donors (Lipinski definition) is 0. The minimum Gasteiger partial charge on any atom is -0.455 e. The van der Waals surface area contributed by atoms with Crippen LogP contribution in [0.1, 0.15) is 20.3 Å². The van der Waals surface area contributed by atoms with Gasteiger partial charge in [-0.2, -0.15) is 0 Å². The number of ether oxygens (including phenoxy) is 1. The quantitative estimate of drug-likeness (QED) is 0.592. The summed E-state index contributed by atoms with van der Waals surface area (Å²) in [4.78, 5) is 9.90. The lowest BCUT2D eigenvalue weighted by molar-refractivity contribution is -0.149. The van der Waals surface area contributed by atoms with Crippen LogP contribution in [0.4, 0.5) is 8.78 Å². The van der Waals surface area contributed by atoms with Crippen molar-refractivity contribution in [1.82, 2.24) is 0 Å². The van der Waals surface area contributed by atoms with Crippen molar-refractivity contribution in [3.05, 3.63) is 0 Å². The molecule has 64 valence electrons. The van der Waals surface area contributed by atoms with Gasteiger partial charge >= 0.3 is 0 Å². The molecule has 0 aromatic rings. The Labute approximate surface area is 63.5 Å². The van der Waals surface area contributed by atoms with E-state index in [4.69, 9.17) is 0 Å². The van der Waals surface area contributed by atoms with Gasteiger partial charge in [-0.3, -0.25) is 4.79 Å². The fraction of sp³-hybridized carbons (Fsp3) is 0.857. The number of rotatable bonds is 3. The summed E-state index contributed by atoms with van der Waals surface area (Å²) < 4.78 is 28.9. The predicted molar refractivity (Wildman–Crippen MR) is 34.3 cm³/mol. The van der Waals surface area contributed by atoms with Crippen molar-refractivity contribution in [1.29, 1.82) is 0 Å². The molecule has 0 aromatic carbocycles. The van der Waals surface area contributed by atoms with E-state index in [0.29, 0.717) is 0 Å². The lowest BCUT2D eigenvalue weighted by Crippen LogP contribution is -2.29. The Morgan fingerprint density at radius 2 is 2.00 bits per heavy atom. The van der Waals surface area contributed by atoms with Crippen LogP contribution in [-0.4, -0.2) is 18.5 Å². The topological polar surface area (TPSA) is 26.3 Å². The SMILES string of the molecule is CC1(C)CC1(OC=O)C(F)F. The van der Waals surface area contributed by atoms with E-state index in [1.54, 1.807) is 13.8 Å². The average Bonchev–Trinajstić information content (AvgIpc) is 2.36. The van der Waals surface area contributed by atoms with E-state index in [-0.39, 0.29) is 12.9 Å². The van der Waals surface area contributed by atoms with Crippen LogP contribution in [0.15, 0.2) is 0 Å². The second-order valence-electron chi connectivity index (χ2n) is 3.46. The molecule has 0 spiro atoms.